The molecule has 0 aliphatic heterocycles. The molecule has 1 aromatic carbocycles. The number of carbonyl (C=O) groups excluding carboxylic acids is 1. The van der Waals surface area contributed by atoms with E-state index in [0.717, 1.165) is 5.56 Å². The van der Waals surface area contributed by atoms with Gasteiger partial charge in [-0.2, -0.15) is 5.26 Å². The maximum Gasteiger partial charge on any atom is 0.411 e. The normalized spacial score (nSPS) is 11.4. The number of amides is 1. The Balaban J connectivity index is 2.55. The highest BCUT2D eigenvalue weighted by molar-refractivity contribution is 5.72. The Morgan fingerprint density at radius 3 is 2.62 bits per heavy atom. The van der Waals surface area contributed by atoms with Gasteiger partial charge in [0.05, 0.1) is 28.8 Å². The largest absolute Gasteiger partial charge is 0.411 e. The zero-order chi connectivity index (χ0) is 19.5. The summed E-state index contributed by atoms with van der Waals surface area (Å²) >= 11 is 0. The predicted octanol–water partition coefficient (Wildman–Crippen LogP) is 2.86. The third-order valence-corrected chi connectivity index (χ3v) is 3.37. The minimum Gasteiger partial charge on any atom is -0.390 e. The molecule has 8 nitrogen and oxygen atoms in total. The van der Waals surface area contributed by atoms with Crippen molar-refractivity contribution in [3.05, 3.63) is 29.8 Å². The quantitative estimate of drug-likeness (QED) is 0.670. The monoisotopic (exact) mass is 354 g/mol. The highest BCUT2D eigenvalue weighted by Crippen LogP contribution is 2.32. The summed E-state index contributed by atoms with van der Waals surface area (Å²) in [7, 11) is 3.71. The van der Waals surface area contributed by atoms with Crippen molar-refractivity contribution in [1.82, 2.24) is 14.7 Å². The standard InChI is InChI=1S/C18H22N6O2/c1-18(2,3)24-15(9-16(22-24)26-17(20)25)12-6-7-14(13(8-12)10-19)21-11-23(4)5/h6-9,11H,1-5H3,(H2,20,25). The molecule has 2 N–H and O–H groups in total. The van der Waals surface area contributed by atoms with Crippen molar-refractivity contribution in [3.63, 3.8) is 0 Å². The molecule has 0 aliphatic carbocycles. The molecule has 0 atom stereocenters. The third kappa shape index (κ3) is 4.39. The van der Waals surface area contributed by atoms with Gasteiger partial charge in [-0.15, -0.1) is 5.10 Å². The first-order valence-corrected chi connectivity index (χ1v) is 7.95. The molecule has 0 spiro atoms. The molecule has 0 radical (unpaired) electrons. The Hall–Kier alpha value is -3.34. The summed E-state index contributed by atoms with van der Waals surface area (Å²) in [6.07, 6.45) is 0.704. The molecule has 0 saturated heterocycles. The van der Waals surface area contributed by atoms with Crippen LogP contribution in [0.4, 0.5) is 10.5 Å². The smallest absolute Gasteiger partial charge is 0.390 e. The summed E-state index contributed by atoms with van der Waals surface area (Å²) in [4.78, 5) is 17.1. The molecule has 1 aromatic heterocycles. The molecule has 0 bridgehead atoms. The van der Waals surface area contributed by atoms with Crippen molar-refractivity contribution in [2.45, 2.75) is 26.3 Å². The zero-order valence-electron chi connectivity index (χ0n) is 15.5. The van der Waals surface area contributed by atoms with Crippen LogP contribution < -0.4 is 10.5 Å². The van der Waals surface area contributed by atoms with Crippen LogP contribution in [0.3, 0.4) is 0 Å². The average molecular weight is 354 g/mol. The van der Waals surface area contributed by atoms with E-state index in [1.807, 2.05) is 40.9 Å². The van der Waals surface area contributed by atoms with Crippen molar-refractivity contribution in [1.29, 1.82) is 5.26 Å². The first-order chi connectivity index (χ1) is 12.1. The van der Waals surface area contributed by atoms with Gasteiger partial charge in [0.2, 0.25) is 5.88 Å². The number of nitriles is 1. The molecule has 1 heterocycles. The van der Waals surface area contributed by atoms with E-state index in [4.69, 9.17) is 10.5 Å². The van der Waals surface area contributed by atoms with Crippen LogP contribution in [-0.4, -0.2) is 41.2 Å². The van der Waals surface area contributed by atoms with Crippen molar-refractivity contribution < 1.29 is 9.53 Å². The second kappa shape index (κ2) is 7.27. The van der Waals surface area contributed by atoms with Crippen molar-refractivity contribution in [3.8, 4) is 23.2 Å². The van der Waals surface area contributed by atoms with Gasteiger partial charge in [-0.05, 0) is 32.9 Å². The number of hydrogen-bond donors (Lipinski definition) is 1. The average Bonchev–Trinajstić information content (AvgIpc) is 2.96. The number of benzene rings is 1. The molecule has 0 unspecified atom stereocenters. The van der Waals surface area contributed by atoms with Crippen LogP contribution in [0.1, 0.15) is 26.3 Å². The SMILES string of the molecule is CN(C)C=Nc1ccc(-c2cc(OC(N)=O)nn2C(C)(C)C)cc1C#N. The highest BCUT2D eigenvalue weighted by Gasteiger charge is 2.22. The number of aromatic nitrogens is 2. The van der Waals surface area contributed by atoms with E-state index in [-0.39, 0.29) is 11.4 Å². The number of aliphatic imine (C=N–C) groups is 1. The molecule has 2 aromatic rings. The molecule has 0 saturated carbocycles. The molecule has 8 heteroatoms. The lowest BCUT2D eigenvalue weighted by atomic mass is 10.0. The number of nitrogens with zero attached hydrogens (tertiary/aromatic N) is 5. The van der Waals surface area contributed by atoms with E-state index < -0.39 is 6.09 Å². The zero-order valence-corrected chi connectivity index (χ0v) is 15.5. The predicted molar refractivity (Wildman–Crippen MR) is 99.4 cm³/mol. The number of ether oxygens (including phenoxy) is 1. The minimum absolute atomic E-state index is 0.107. The maximum atomic E-state index is 11.0. The van der Waals surface area contributed by atoms with Crippen LogP contribution >= 0.6 is 0 Å². The fraction of sp³-hybridized carbons (Fsp3) is 0.333. The summed E-state index contributed by atoms with van der Waals surface area (Å²) in [5.74, 6) is 0.107. The lowest BCUT2D eigenvalue weighted by molar-refractivity contribution is 0.207. The number of hydrogen-bond acceptors (Lipinski definition) is 5. The fourth-order valence-electron chi connectivity index (χ4n) is 2.30. The second-order valence-electron chi connectivity index (χ2n) is 6.92. The van der Waals surface area contributed by atoms with E-state index in [9.17, 15) is 10.1 Å². The number of rotatable bonds is 4. The Labute approximate surface area is 152 Å². The van der Waals surface area contributed by atoms with Crippen LogP contribution in [0, 0.1) is 11.3 Å². The maximum absolute atomic E-state index is 11.0. The van der Waals surface area contributed by atoms with Crippen LogP contribution in [0.15, 0.2) is 29.3 Å². The molecule has 26 heavy (non-hydrogen) atoms. The van der Waals surface area contributed by atoms with Gasteiger partial charge in [-0.3, -0.25) is 4.68 Å². The van der Waals surface area contributed by atoms with Crippen LogP contribution in [-0.2, 0) is 5.54 Å². The highest BCUT2D eigenvalue weighted by atomic mass is 16.6. The molecular weight excluding hydrogens is 332 g/mol. The van der Waals surface area contributed by atoms with Crippen LogP contribution in [0.5, 0.6) is 5.88 Å². The molecule has 1 amide bonds. The van der Waals surface area contributed by atoms with Crippen molar-refractivity contribution in [2.75, 3.05) is 14.1 Å². The second-order valence-corrected chi connectivity index (χ2v) is 6.92. The lowest BCUT2D eigenvalue weighted by Gasteiger charge is -2.22. The fourth-order valence-corrected chi connectivity index (χ4v) is 2.30. The van der Waals surface area contributed by atoms with E-state index in [0.29, 0.717) is 16.9 Å². The van der Waals surface area contributed by atoms with Crippen LogP contribution in [0.2, 0.25) is 0 Å². The first-order valence-electron chi connectivity index (χ1n) is 7.95. The summed E-state index contributed by atoms with van der Waals surface area (Å²) in [6.45, 7) is 5.91. The minimum atomic E-state index is -0.929. The van der Waals surface area contributed by atoms with Gasteiger partial charge in [0.25, 0.3) is 0 Å². The summed E-state index contributed by atoms with van der Waals surface area (Å²) in [6, 6.07) is 9.12. The number of nitrogens with two attached hydrogens (primary N) is 1. The van der Waals surface area contributed by atoms with Gasteiger partial charge in [-0.25, -0.2) is 9.79 Å². The number of primary amides is 1. The topological polar surface area (TPSA) is 110 Å². The van der Waals surface area contributed by atoms with Gasteiger partial charge in [0.1, 0.15) is 6.07 Å². The third-order valence-electron chi connectivity index (χ3n) is 3.37. The Kier molecular flexibility index (Phi) is 5.31. The Morgan fingerprint density at radius 2 is 2.08 bits per heavy atom. The van der Waals surface area contributed by atoms with Gasteiger partial charge in [0.15, 0.2) is 0 Å². The van der Waals surface area contributed by atoms with Gasteiger partial charge >= 0.3 is 6.09 Å². The van der Waals surface area contributed by atoms with Crippen LogP contribution in [0.25, 0.3) is 11.3 Å². The van der Waals surface area contributed by atoms with Crippen molar-refractivity contribution >= 4 is 18.1 Å². The van der Waals surface area contributed by atoms with E-state index in [2.05, 4.69) is 16.2 Å². The van der Waals surface area contributed by atoms with Gasteiger partial charge in [-0.1, -0.05) is 6.07 Å². The van der Waals surface area contributed by atoms with E-state index in [1.54, 1.807) is 34.1 Å². The molecule has 0 aliphatic rings. The molecule has 136 valence electrons. The van der Waals surface area contributed by atoms with Gasteiger partial charge in [0, 0.05) is 25.7 Å². The Morgan fingerprint density at radius 1 is 1.38 bits per heavy atom. The molecule has 2 rings (SSSR count). The lowest BCUT2D eigenvalue weighted by Crippen LogP contribution is -2.24. The first kappa shape index (κ1) is 19.0. The Bertz CT molecular complexity index is 884. The van der Waals surface area contributed by atoms with E-state index >= 15 is 0 Å². The van der Waals surface area contributed by atoms with Gasteiger partial charge < -0.3 is 15.4 Å². The van der Waals surface area contributed by atoms with E-state index in [1.165, 1.54) is 0 Å². The summed E-state index contributed by atoms with van der Waals surface area (Å²) < 4.78 is 6.64. The summed E-state index contributed by atoms with van der Waals surface area (Å²) in [5.41, 5.74) is 7.17. The summed E-state index contributed by atoms with van der Waals surface area (Å²) in [5, 5.41) is 13.8. The molecular formula is C18H22N6O2. The number of carbonyl (C=O) groups is 1. The molecule has 0 fully saturated rings. The van der Waals surface area contributed by atoms with Crippen molar-refractivity contribution in [2.24, 2.45) is 10.7 Å².